The van der Waals surface area contributed by atoms with Crippen LogP contribution in [0.4, 0.5) is 13.2 Å². The van der Waals surface area contributed by atoms with Crippen LogP contribution in [-0.2, 0) is 22.3 Å². The molecule has 0 bridgehead atoms. The SMILES string of the molecule is CNC(=O)CC1CCN(C(=NCc2cccc(C(F)(F)F)c2)NCC(=O)N(C)C)CC1. The highest BCUT2D eigenvalue weighted by atomic mass is 19.4. The quantitative estimate of drug-likeness (QED) is 0.524. The van der Waals surface area contributed by atoms with Crippen LogP contribution in [0.25, 0.3) is 0 Å². The van der Waals surface area contributed by atoms with Gasteiger partial charge in [0.1, 0.15) is 0 Å². The molecule has 1 heterocycles. The van der Waals surface area contributed by atoms with Gasteiger partial charge in [-0.3, -0.25) is 9.59 Å². The largest absolute Gasteiger partial charge is 0.416 e. The molecule has 0 atom stereocenters. The highest BCUT2D eigenvalue weighted by Crippen LogP contribution is 2.29. The van der Waals surface area contributed by atoms with Gasteiger partial charge in [-0.15, -0.1) is 0 Å². The van der Waals surface area contributed by atoms with Crippen LogP contribution >= 0.6 is 0 Å². The van der Waals surface area contributed by atoms with E-state index in [2.05, 4.69) is 15.6 Å². The number of nitrogens with zero attached hydrogens (tertiary/aromatic N) is 3. The number of amides is 2. The Balaban J connectivity index is 2.10. The standard InChI is InChI=1S/C21H30F3N5O2/c1-25-18(30)12-15-7-9-29(10-8-15)20(27-14-19(31)28(2)3)26-13-16-5-4-6-17(11-16)21(22,23)24/h4-6,11,15H,7-10,12-14H2,1-3H3,(H,25,30)(H,26,27). The number of aliphatic imine (C=N–C) groups is 1. The summed E-state index contributed by atoms with van der Waals surface area (Å²) in [6, 6.07) is 5.07. The summed E-state index contributed by atoms with van der Waals surface area (Å²) in [6.07, 6.45) is -2.36. The third-order valence-electron chi connectivity index (χ3n) is 5.23. The number of likely N-dealkylation sites (N-methyl/N-ethyl adjacent to an activating group) is 1. The number of halogens is 3. The van der Waals surface area contributed by atoms with Crippen molar-refractivity contribution in [2.45, 2.75) is 32.0 Å². The molecule has 1 fully saturated rings. The van der Waals surface area contributed by atoms with Crippen LogP contribution in [0, 0.1) is 5.92 Å². The molecule has 0 unspecified atom stereocenters. The molecule has 0 saturated carbocycles. The van der Waals surface area contributed by atoms with Crippen molar-refractivity contribution in [3.8, 4) is 0 Å². The third kappa shape index (κ3) is 7.76. The van der Waals surface area contributed by atoms with Crippen molar-refractivity contribution in [3.05, 3.63) is 35.4 Å². The molecule has 7 nitrogen and oxygen atoms in total. The van der Waals surface area contributed by atoms with Gasteiger partial charge >= 0.3 is 6.18 Å². The number of benzene rings is 1. The summed E-state index contributed by atoms with van der Waals surface area (Å²) in [5.41, 5.74) is -0.282. The van der Waals surface area contributed by atoms with Crippen molar-refractivity contribution in [1.82, 2.24) is 20.4 Å². The smallest absolute Gasteiger partial charge is 0.359 e. The zero-order valence-electron chi connectivity index (χ0n) is 18.1. The van der Waals surface area contributed by atoms with E-state index in [1.54, 1.807) is 27.2 Å². The van der Waals surface area contributed by atoms with Gasteiger partial charge in [0.15, 0.2) is 5.96 Å². The Hall–Kier alpha value is -2.78. The van der Waals surface area contributed by atoms with Crippen molar-refractivity contribution in [1.29, 1.82) is 0 Å². The number of nitrogens with one attached hydrogen (secondary N) is 2. The van der Waals surface area contributed by atoms with E-state index < -0.39 is 11.7 Å². The van der Waals surface area contributed by atoms with E-state index in [9.17, 15) is 22.8 Å². The highest BCUT2D eigenvalue weighted by molar-refractivity contribution is 5.86. The number of carbonyl (C=O) groups is 2. The molecule has 0 aromatic heterocycles. The number of carbonyl (C=O) groups excluding carboxylic acids is 2. The number of likely N-dealkylation sites (tertiary alicyclic amines) is 1. The van der Waals surface area contributed by atoms with E-state index in [1.807, 2.05) is 4.90 Å². The number of alkyl halides is 3. The van der Waals surface area contributed by atoms with E-state index in [4.69, 9.17) is 0 Å². The first-order valence-corrected chi connectivity index (χ1v) is 10.2. The lowest BCUT2D eigenvalue weighted by molar-refractivity contribution is -0.137. The number of rotatable bonds is 6. The molecule has 10 heteroatoms. The molecule has 1 saturated heterocycles. The van der Waals surface area contributed by atoms with Crippen LogP contribution in [0.15, 0.2) is 29.3 Å². The Morgan fingerprint density at radius 1 is 1.23 bits per heavy atom. The molecule has 172 valence electrons. The van der Waals surface area contributed by atoms with Crippen molar-refractivity contribution in [3.63, 3.8) is 0 Å². The second-order valence-electron chi connectivity index (χ2n) is 7.79. The van der Waals surface area contributed by atoms with Crippen LogP contribution < -0.4 is 10.6 Å². The average Bonchev–Trinajstić information content (AvgIpc) is 2.73. The van der Waals surface area contributed by atoms with Crippen LogP contribution in [-0.4, -0.2) is 68.4 Å². The molecule has 2 amide bonds. The fraction of sp³-hybridized carbons (Fsp3) is 0.571. The molecular formula is C21H30F3N5O2. The van der Waals surface area contributed by atoms with E-state index in [1.165, 1.54) is 11.0 Å². The lowest BCUT2D eigenvalue weighted by Gasteiger charge is -2.34. The molecular weight excluding hydrogens is 411 g/mol. The van der Waals surface area contributed by atoms with E-state index in [-0.39, 0.29) is 30.8 Å². The maximum absolute atomic E-state index is 13.0. The fourth-order valence-corrected chi connectivity index (χ4v) is 3.31. The summed E-state index contributed by atoms with van der Waals surface area (Å²) in [7, 11) is 4.91. The predicted octanol–water partition coefficient (Wildman–Crippen LogP) is 2.09. The molecule has 0 spiro atoms. The van der Waals surface area contributed by atoms with Crippen molar-refractivity contribution >= 4 is 17.8 Å². The number of hydrogen-bond acceptors (Lipinski definition) is 3. The first-order chi connectivity index (χ1) is 14.6. The zero-order valence-corrected chi connectivity index (χ0v) is 18.1. The first-order valence-electron chi connectivity index (χ1n) is 10.2. The van der Waals surface area contributed by atoms with Gasteiger partial charge in [0.25, 0.3) is 0 Å². The van der Waals surface area contributed by atoms with Gasteiger partial charge in [0.2, 0.25) is 11.8 Å². The Morgan fingerprint density at radius 2 is 1.90 bits per heavy atom. The normalized spacial score (nSPS) is 15.5. The molecule has 31 heavy (non-hydrogen) atoms. The van der Waals surface area contributed by atoms with Crippen LogP contribution in [0.3, 0.4) is 0 Å². The summed E-state index contributed by atoms with van der Waals surface area (Å²) in [4.78, 5) is 31.5. The summed E-state index contributed by atoms with van der Waals surface area (Å²) in [6.45, 7) is 1.38. The lowest BCUT2D eigenvalue weighted by atomic mass is 9.93. The van der Waals surface area contributed by atoms with Gasteiger partial charge in [-0.2, -0.15) is 13.2 Å². The minimum atomic E-state index is -4.41. The van der Waals surface area contributed by atoms with Gasteiger partial charge in [-0.25, -0.2) is 4.99 Å². The summed E-state index contributed by atoms with van der Waals surface area (Å²) < 4.78 is 38.9. The van der Waals surface area contributed by atoms with Crippen LogP contribution in [0.1, 0.15) is 30.4 Å². The molecule has 2 N–H and O–H groups in total. The van der Waals surface area contributed by atoms with Gasteiger partial charge < -0.3 is 20.4 Å². The van der Waals surface area contributed by atoms with Crippen molar-refractivity contribution < 1.29 is 22.8 Å². The maximum Gasteiger partial charge on any atom is 0.416 e. The van der Waals surface area contributed by atoms with Gasteiger partial charge in [0, 0.05) is 40.7 Å². The number of piperidine rings is 1. The molecule has 1 aromatic rings. The molecule has 0 radical (unpaired) electrons. The minimum absolute atomic E-state index is 0.00610. The van der Waals surface area contributed by atoms with Crippen LogP contribution in [0.5, 0.6) is 0 Å². The Labute approximate surface area is 180 Å². The first kappa shape index (κ1) is 24.5. The number of hydrogen-bond donors (Lipinski definition) is 2. The average molecular weight is 441 g/mol. The Morgan fingerprint density at radius 3 is 2.48 bits per heavy atom. The molecule has 2 rings (SSSR count). The molecule has 1 aromatic carbocycles. The Kier molecular flexibility index (Phi) is 8.70. The molecule has 0 aliphatic carbocycles. The minimum Gasteiger partial charge on any atom is -0.359 e. The molecule has 1 aliphatic rings. The molecule has 1 aliphatic heterocycles. The van der Waals surface area contributed by atoms with E-state index in [0.717, 1.165) is 25.0 Å². The lowest BCUT2D eigenvalue weighted by Crippen LogP contribution is -2.48. The highest BCUT2D eigenvalue weighted by Gasteiger charge is 2.30. The number of guanidine groups is 1. The topological polar surface area (TPSA) is 77.0 Å². The van der Waals surface area contributed by atoms with Crippen LogP contribution in [0.2, 0.25) is 0 Å². The van der Waals surface area contributed by atoms with E-state index >= 15 is 0 Å². The van der Waals surface area contributed by atoms with Gasteiger partial charge in [-0.1, -0.05) is 12.1 Å². The van der Waals surface area contributed by atoms with Crippen molar-refractivity contribution in [2.75, 3.05) is 40.8 Å². The zero-order chi connectivity index (χ0) is 23.0. The maximum atomic E-state index is 13.0. The van der Waals surface area contributed by atoms with Gasteiger partial charge in [-0.05, 0) is 36.5 Å². The summed E-state index contributed by atoms with van der Waals surface area (Å²) in [5.74, 6) is 0.614. The fourth-order valence-electron chi connectivity index (χ4n) is 3.31. The second-order valence-corrected chi connectivity index (χ2v) is 7.79. The monoisotopic (exact) mass is 441 g/mol. The summed E-state index contributed by atoms with van der Waals surface area (Å²) >= 11 is 0. The van der Waals surface area contributed by atoms with Gasteiger partial charge in [0.05, 0.1) is 18.7 Å². The van der Waals surface area contributed by atoms with Crippen molar-refractivity contribution in [2.24, 2.45) is 10.9 Å². The predicted molar refractivity (Wildman–Crippen MR) is 112 cm³/mol. The third-order valence-corrected chi connectivity index (χ3v) is 5.23. The van der Waals surface area contributed by atoms with E-state index in [0.29, 0.717) is 31.0 Å². The second kappa shape index (κ2) is 11.0. The summed E-state index contributed by atoms with van der Waals surface area (Å²) in [5, 5.41) is 5.67. The Bertz CT molecular complexity index is 787.